The minimum absolute atomic E-state index is 0.0870. The topological polar surface area (TPSA) is 51.2 Å². The number of fused-ring (bicyclic) bond motifs is 1. The van der Waals surface area contributed by atoms with Gasteiger partial charge in [0.25, 0.3) is 5.91 Å². The zero-order valence-corrected chi connectivity index (χ0v) is 13.2. The van der Waals surface area contributed by atoms with E-state index < -0.39 is 17.6 Å². The lowest BCUT2D eigenvalue weighted by atomic mass is 10.1. The van der Waals surface area contributed by atoms with E-state index in [0.29, 0.717) is 11.3 Å². The molecule has 0 saturated heterocycles. The van der Waals surface area contributed by atoms with E-state index in [1.807, 2.05) is 6.07 Å². The molecule has 8 heteroatoms. The number of hydrogen-bond donors (Lipinski definition) is 1. The second kappa shape index (κ2) is 6.12. The van der Waals surface area contributed by atoms with Crippen molar-refractivity contribution in [1.82, 2.24) is 4.98 Å². The molecule has 1 heterocycles. The third-order valence-electron chi connectivity index (χ3n) is 3.27. The summed E-state index contributed by atoms with van der Waals surface area (Å²) in [7, 11) is 1.51. The van der Waals surface area contributed by atoms with E-state index in [9.17, 15) is 18.0 Å². The van der Waals surface area contributed by atoms with Crippen LogP contribution in [0.2, 0.25) is 0 Å². The molecule has 0 fully saturated rings. The molecule has 3 rings (SSSR count). The molecule has 0 aliphatic carbocycles. The number of benzene rings is 2. The summed E-state index contributed by atoms with van der Waals surface area (Å²) in [4.78, 5) is 16.4. The van der Waals surface area contributed by atoms with Gasteiger partial charge in [-0.2, -0.15) is 13.2 Å². The first kappa shape index (κ1) is 16.3. The SMILES string of the molecule is COc1cccc2sc(NC(=O)c3cccc(C(F)(F)F)c3)nc12. The van der Waals surface area contributed by atoms with E-state index >= 15 is 0 Å². The number of rotatable bonds is 3. The molecule has 1 amide bonds. The number of ether oxygens (including phenoxy) is 1. The number of anilines is 1. The quantitative estimate of drug-likeness (QED) is 0.751. The van der Waals surface area contributed by atoms with Gasteiger partial charge in [-0.15, -0.1) is 0 Å². The molecule has 0 saturated carbocycles. The number of alkyl halides is 3. The highest BCUT2D eigenvalue weighted by Crippen LogP contribution is 2.33. The van der Waals surface area contributed by atoms with Crippen LogP contribution < -0.4 is 10.1 Å². The van der Waals surface area contributed by atoms with Gasteiger partial charge in [0.15, 0.2) is 5.13 Å². The van der Waals surface area contributed by atoms with Crippen molar-refractivity contribution in [2.24, 2.45) is 0 Å². The van der Waals surface area contributed by atoms with Crippen LogP contribution in [0.15, 0.2) is 42.5 Å². The molecule has 0 aliphatic heterocycles. The van der Waals surface area contributed by atoms with Crippen molar-refractivity contribution in [2.45, 2.75) is 6.18 Å². The van der Waals surface area contributed by atoms with Crippen molar-refractivity contribution in [2.75, 3.05) is 12.4 Å². The maximum Gasteiger partial charge on any atom is 0.416 e. The van der Waals surface area contributed by atoms with E-state index in [0.717, 1.165) is 16.8 Å². The van der Waals surface area contributed by atoms with Crippen LogP contribution in [0.5, 0.6) is 5.75 Å². The van der Waals surface area contributed by atoms with Gasteiger partial charge in [0.05, 0.1) is 17.4 Å². The van der Waals surface area contributed by atoms with Gasteiger partial charge in [-0.1, -0.05) is 23.5 Å². The predicted octanol–water partition coefficient (Wildman–Crippen LogP) is 4.58. The van der Waals surface area contributed by atoms with Crippen molar-refractivity contribution in [1.29, 1.82) is 0 Å². The minimum Gasteiger partial charge on any atom is -0.494 e. The highest BCUT2D eigenvalue weighted by molar-refractivity contribution is 7.22. The number of hydrogen-bond acceptors (Lipinski definition) is 4. The Kier molecular flexibility index (Phi) is 4.15. The minimum atomic E-state index is -4.50. The van der Waals surface area contributed by atoms with E-state index in [4.69, 9.17) is 4.74 Å². The lowest BCUT2D eigenvalue weighted by molar-refractivity contribution is -0.137. The standard InChI is InChI=1S/C16H11F3N2O2S/c1-23-11-6-3-7-12-13(11)20-15(24-12)21-14(22)9-4-2-5-10(8-9)16(17,18)19/h2-8H,1H3,(H,20,21,22). The Labute approximate surface area is 138 Å². The fraction of sp³-hybridized carbons (Fsp3) is 0.125. The zero-order chi connectivity index (χ0) is 17.3. The van der Waals surface area contributed by atoms with Gasteiger partial charge in [-0.3, -0.25) is 10.1 Å². The van der Waals surface area contributed by atoms with Gasteiger partial charge in [0.2, 0.25) is 0 Å². The lowest BCUT2D eigenvalue weighted by Crippen LogP contribution is -2.13. The molecule has 1 N–H and O–H groups in total. The number of para-hydroxylation sites is 1. The first-order valence-corrected chi connectivity index (χ1v) is 7.62. The number of methoxy groups -OCH3 is 1. The summed E-state index contributed by atoms with van der Waals surface area (Å²) in [6, 6.07) is 9.58. The molecule has 0 unspecified atom stereocenters. The van der Waals surface area contributed by atoms with Crippen LogP contribution in [0.4, 0.5) is 18.3 Å². The third-order valence-corrected chi connectivity index (χ3v) is 4.21. The van der Waals surface area contributed by atoms with Crippen LogP contribution in [0, 0.1) is 0 Å². The van der Waals surface area contributed by atoms with Gasteiger partial charge in [-0.25, -0.2) is 4.98 Å². The molecule has 24 heavy (non-hydrogen) atoms. The summed E-state index contributed by atoms with van der Waals surface area (Å²) in [6.45, 7) is 0. The molecule has 0 bridgehead atoms. The molecule has 0 radical (unpaired) electrons. The van der Waals surface area contributed by atoms with Crippen LogP contribution >= 0.6 is 11.3 Å². The van der Waals surface area contributed by atoms with Crippen molar-refractivity contribution in [3.63, 3.8) is 0 Å². The molecule has 4 nitrogen and oxygen atoms in total. The number of nitrogens with one attached hydrogen (secondary N) is 1. The molecule has 0 spiro atoms. The Hall–Kier alpha value is -2.61. The summed E-state index contributed by atoms with van der Waals surface area (Å²) in [6.07, 6.45) is -4.50. The molecule has 2 aromatic carbocycles. The number of aromatic nitrogens is 1. The number of halogens is 3. The zero-order valence-electron chi connectivity index (χ0n) is 12.3. The van der Waals surface area contributed by atoms with Crippen LogP contribution in [-0.2, 0) is 6.18 Å². The van der Waals surface area contributed by atoms with Gasteiger partial charge >= 0.3 is 6.18 Å². The first-order valence-electron chi connectivity index (χ1n) is 6.80. The first-order chi connectivity index (χ1) is 11.4. The molecular formula is C16H11F3N2O2S. The van der Waals surface area contributed by atoms with E-state index in [1.54, 1.807) is 12.1 Å². The van der Waals surface area contributed by atoms with E-state index in [-0.39, 0.29) is 10.7 Å². The van der Waals surface area contributed by atoms with Crippen LogP contribution in [0.1, 0.15) is 15.9 Å². The predicted molar refractivity (Wildman–Crippen MR) is 85.6 cm³/mol. The molecule has 0 atom stereocenters. The van der Waals surface area contributed by atoms with E-state index in [1.165, 1.54) is 30.6 Å². The fourth-order valence-electron chi connectivity index (χ4n) is 2.15. The Balaban J connectivity index is 1.88. The van der Waals surface area contributed by atoms with Gasteiger partial charge in [0.1, 0.15) is 11.3 Å². The number of carbonyl (C=O) groups excluding carboxylic acids is 1. The molecule has 1 aromatic heterocycles. The number of thiazole rings is 1. The Bertz CT molecular complexity index is 906. The fourth-order valence-corrected chi connectivity index (χ4v) is 3.03. The number of nitrogens with zero attached hydrogens (tertiary/aromatic N) is 1. The largest absolute Gasteiger partial charge is 0.494 e. The second-order valence-corrected chi connectivity index (χ2v) is 5.89. The maximum absolute atomic E-state index is 12.7. The molecule has 0 aliphatic rings. The second-order valence-electron chi connectivity index (χ2n) is 4.86. The Morgan fingerprint density at radius 3 is 2.67 bits per heavy atom. The van der Waals surface area contributed by atoms with Gasteiger partial charge in [0, 0.05) is 5.56 Å². The summed E-state index contributed by atoms with van der Waals surface area (Å²) >= 11 is 1.21. The van der Waals surface area contributed by atoms with Crippen molar-refractivity contribution in [3.05, 3.63) is 53.6 Å². The third kappa shape index (κ3) is 3.18. The molecule has 3 aromatic rings. The Morgan fingerprint density at radius 1 is 1.21 bits per heavy atom. The lowest BCUT2D eigenvalue weighted by Gasteiger charge is -2.08. The smallest absolute Gasteiger partial charge is 0.416 e. The Morgan fingerprint density at radius 2 is 1.96 bits per heavy atom. The normalized spacial score (nSPS) is 11.5. The maximum atomic E-state index is 12.7. The molecular weight excluding hydrogens is 341 g/mol. The summed E-state index contributed by atoms with van der Waals surface area (Å²) < 4.78 is 44.2. The van der Waals surface area contributed by atoms with E-state index in [2.05, 4.69) is 10.3 Å². The highest BCUT2D eigenvalue weighted by atomic mass is 32.1. The number of amides is 1. The monoisotopic (exact) mass is 352 g/mol. The van der Waals surface area contributed by atoms with Crippen LogP contribution in [0.3, 0.4) is 0 Å². The van der Waals surface area contributed by atoms with Crippen molar-refractivity contribution in [3.8, 4) is 5.75 Å². The highest BCUT2D eigenvalue weighted by Gasteiger charge is 2.31. The van der Waals surface area contributed by atoms with Crippen molar-refractivity contribution >= 4 is 32.6 Å². The summed E-state index contributed by atoms with van der Waals surface area (Å²) in [5, 5.41) is 2.81. The van der Waals surface area contributed by atoms with Crippen LogP contribution in [-0.4, -0.2) is 18.0 Å². The summed E-state index contributed by atoms with van der Waals surface area (Å²) in [5.41, 5.74) is -0.374. The summed E-state index contributed by atoms with van der Waals surface area (Å²) in [5.74, 6) is -0.0950. The molecule has 124 valence electrons. The van der Waals surface area contributed by atoms with Crippen LogP contribution in [0.25, 0.3) is 10.2 Å². The van der Waals surface area contributed by atoms with Gasteiger partial charge < -0.3 is 4.74 Å². The van der Waals surface area contributed by atoms with Gasteiger partial charge in [-0.05, 0) is 30.3 Å². The average molecular weight is 352 g/mol. The number of carbonyl (C=O) groups is 1. The average Bonchev–Trinajstić information content (AvgIpc) is 2.96. The van der Waals surface area contributed by atoms with Crippen molar-refractivity contribution < 1.29 is 22.7 Å².